The lowest BCUT2D eigenvalue weighted by atomic mass is 9.54. The van der Waals surface area contributed by atoms with Crippen LogP contribution in [0.4, 0.5) is 5.82 Å². The van der Waals surface area contributed by atoms with Gasteiger partial charge >= 0.3 is 0 Å². The van der Waals surface area contributed by atoms with Crippen molar-refractivity contribution >= 4 is 17.4 Å². The molecule has 6 heteroatoms. The number of nitrogens with one attached hydrogen (secondary N) is 1. The Morgan fingerprint density at radius 2 is 2.09 bits per heavy atom. The number of carbonyl (C=O) groups excluding carboxylic acids is 1. The van der Waals surface area contributed by atoms with Crippen molar-refractivity contribution in [2.75, 3.05) is 5.32 Å². The standard InChI is InChI=1S/C26H31N3O3/c1-26-13-12-19-18-6-3-2-5-16(18)8-10-20(19)24(26)17(15-22(26)29-32)9-11-23(31)28-25-21(30)7-4-14-27-25/h2-7,14,17,19-20,24,30,32H,8-13,15H2,1H3,(H,27,28,31)/b29-22+/t17-,19?,20?,24?,26-/m1/s1. The average molecular weight is 434 g/mol. The molecule has 5 rings (SSSR count). The van der Waals surface area contributed by atoms with Crippen molar-refractivity contribution in [2.24, 2.45) is 28.3 Å². The third-order valence-electron chi connectivity index (χ3n) is 8.42. The number of hydrogen-bond donors (Lipinski definition) is 3. The number of oxime groups is 1. The molecule has 0 saturated heterocycles. The van der Waals surface area contributed by atoms with E-state index in [9.17, 15) is 15.1 Å². The van der Waals surface area contributed by atoms with Crippen LogP contribution in [0.15, 0.2) is 47.8 Å². The molecule has 3 N–H and O–H groups in total. The minimum atomic E-state index is -0.142. The molecule has 0 spiro atoms. The quantitative estimate of drug-likeness (QED) is 0.461. The van der Waals surface area contributed by atoms with Gasteiger partial charge in [0.15, 0.2) is 11.6 Å². The molecule has 2 saturated carbocycles. The van der Waals surface area contributed by atoms with Crippen molar-refractivity contribution in [3.63, 3.8) is 0 Å². The van der Waals surface area contributed by atoms with Gasteiger partial charge in [-0.15, -0.1) is 0 Å². The zero-order chi connectivity index (χ0) is 22.3. The summed E-state index contributed by atoms with van der Waals surface area (Å²) in [7, 11) is 0. The van der Waals surface area contributed by atoms with Crippen molar-refractivity contribution in [2.45, 2.75) is 57.8 Å². The molecule has 168 valence electrons. The summed E-state index contributed by atoms with van der Waals surface area (Å²) >= 11 is 0. The van der Waals surface area contributed by atoms with E-state index in [4.69, 9.17) is 0 Å². The van der Waals surface area contributed by atoms with E-state index in [1.54, 1.807) is 12.3 Å². The Hall–Kier alpha value is -2.89. The summed E-state index contributed by atoms with van der Waals surface area (Å²) < 4.78 is 0. The van der Waals surface area contributed by atoms with Gasteiger partial charge in [-0.05, 0) is 85.5 Å². The molecule has 1 amide bonds. The predicted octanol–water partition coefficient (Wildman–Crippen LogP) is 5.12. The van der Waals surface area contributed by atoms with E-state index in [0.717, 1.165) is 44.2 Å². The lowest BCUT2D eigenvalue weighted by Crippen LogP contribution is -2.44. The zero-order valence-corrected chi connectivity index (χ0v) is 18.5. The highest BCUT2D eigenvalue weighted by atomic mass is 16.4. The van der Waals surface area contributed by atoms with Crippen molar-refractivity contribution in [3.8, 4) is 5.75 Å². The number of aromatic nitrogens is 1. The highest BCUT2D eigenvalue weighted by molar-refractivity contribution is 5.93. The Morgan fingerprint density at radius 3 is 2.91 bits per heavy atom. The van der Waals surface area contributed by atoms with E-state index in [0.29, 0.717) is 30.1 Å². The summed E-state index contributed by atoms with van der Waals surface area (Å²) in [5.74, 6) is 1.86. The van der Waals surface area contributed by atoms with Gasteiger partial charge in [0.05, 0.1) is 5.71 Å². The van der Waals surface area contributed by atoms with E-state index in [1.165, 1.54) is 17.2 Å². The Labute approximate surface area is 188 Å². The van der Waals surface area contributed by atoms with Crippen LogP contribution in [0.25, 0.3) is 0 Å². The van der Waals surface area contributed by atoms with Gasteiger partial charge in [-0.25, -0.2) is 4.98 Å². The number of aromatic hydroxyl groups is 1. The number of benzene rings is 1. The molecule has 0 radical (unpaired) electrons. The van der Waals surface area contributed by atoms with Crippen LogP contribution in [-0.2, 0) is 11.2 Å². The second-order valence-corrected chi connectivity index (χ2v) is 9.96. The molecule has 32 heavy (non-hydrogen) atoms. The lowest BCUT2D eigenvalue weighted by Gasteiger charge is -2.50. The number of pyridine rings is 1. The monoisotopic (exact) mass is 433 g/mol. The minimum Gasteiger partial charge on any atom is -0.504 e. The average Bonchev–Trinajstić information content (AvgIpc) is 3.10. The number of anilines is 1. The van der Waals surface area contributed by atoms with Crippen molar-refractivity contribution in [3.05, 3.63) is 53.7 Å². The summed E-state index contributed by atoms with van der Waals surface area (Å²) in [4.78, 5) is 16.7. The second kappa shape index (κ2) is 8.23. The molecule has 3 unspecified atom stereocenters. The number of carbonyl (C=O) groups is 1. The van der Waals surface area contributed by atoms with Crippen molar-refractivity contribution in [1.29, 1.82) is 0 Å². The number of aryl methyl sites for hydroxylation is 1. The summed E-state index contributed by atoms with van der Waals surface area (Å²) in [5.41, 5.74) is 3.80. The van der Waals surface area contributed by atoms with Crippen LogP contribution in [0.2, 0.25) is 0 Å². The highest BCUT2D eigenvalue weighted by Gasteiger charge is 2.57. The fourth-order valence-corrected chi connectivity index (χ4v) is 7.03. The fraction of sp³-hybridized carbons (Fsp3) is 0.500. The number of fused-ring (bicyclic) bond motifs is 5. The van der Waals surface area contributed by atoms with Crippen LogP contribution in [-0.4, -0.2) is 26.9 Å². The van der Waals surface area contributed by atoms with E-state index < -0.39 is 0 Å². The molecule has 2 aromatic rings. The van der Waals surface area contributed by atoms with E-state index in [1.807, 2.05) is 0 Å². The van der Waals surface area contributed by atoms with Gasteiger partial charge in [0.25, 0.3) is 0 Å². The van der Waals surface area contributed by atoms with E-state index in [-0.39, 0.29) is 22.9 Å². The molecular formula is C26H31N3O3. The summed E-state index contributed by atoms with van der Waals surface area (Å²) in [6.07, 6.45) is 7.81. The van der Waals surface area contributed by atoms with Gasteiger partial charge < -0.3 is 15.6 Å². The van der Waals surface area contributed by atoms with Crippen LogP contribution in [0.5, 0.6) is 5.75 Å². The SMILES string of the molecule is C[C@]12CCC3c4ccccc4CCC3C1[C@H](CCC(=O)Nc1ncccc1O)C/C2=N\O. The molecule has 6 nitrogen and oxygen atoms in total. The third-order valence-corrected chi connectivity index (χ3v) is 8.42. The molecule has 3 aliphatic carbocycles. The first-order valence-electron chi connectivity index (χ1n) is 11.7. The van der Waals surface area contributed by atoms with Gasteiger partial charge in [0, 0.05) is 18.0 Å². The van der Waals surface area contributed by atoms with Gasteiger partial charge in [0.2, 0.25) is 5.91 Å². The first kappa shape index (κ1) is 21.0. The maximum absolute atomic E-state index is 12.6. The predicted molar refractivity (Wildman–Crippen MR) is 123 cm³/mol. The smallest absolute Gasteiger partial charge is 0.225 e. The first-order chi connectivity index (χ1) is 15.5. The second-order valence-electron chi connectivity index (χ2n) is 9.96. The number of nitrogens with zero attached hydrogens (tertiary/aromatic N) is 2. The third kappa shape index (κ3) is 3.46. The van der Waals surface area contributed by atoms with E-state index >= 15 is 0 Å². The van der Waals surface area contributed by atoms with Crippen LogP contribution in [0.3, 0.4) is 0 Å². The fourth-order valence-electron chi connectivity index (χ4n) is 7.03. The van der Waals surface area contributed by atoms with Crippen LogP contribution in [0.1, 0.15) is 62.5 Å². The maximum Gasteiger partial charge on any atom is 0.225 e. The molecule has 0 bridgehead atoms. The van der Waals surface area contributed by atoms with Crippen LogP contribution in [0, 0.1) is 23.2 Å². The molecule has 2 fully saturated rings. The summed E-state index contributed by atoms with van der Waals surface area (Å²) in [6.45, 7) is 2.27. The Morgan fingerprint density at radius 1 is 1.25 bits per heavy atom. The van der Waals surface area contributed by atoms with Crippen molar-refractivity contribution < 1.29 is 15.1 Å². The molecule has 0 aliphatic heterocycles. The van der Waals surface area contributed by atoms with Gasteiger partial charge in [-0.1, -0.05) is 36.3 Å². The molecule has 3 aliphatic rings. The highest BCUT2D eigenvalue weighted by Crippen LogP contribution is 2.62. The topological polar surface area (TPSA) is 94.8 Å². The molecular weight excluding hydrogens is 402 g/mol. The zero-order valence-electron chi connectivity index (χ0n) is 18.5. The van der Waals surface area contributed by atoms with E-state index in [2.05, 4.69) is 46.6 Å². The largest absolute Gasteiger partial charge is 0.504 e. The lowest BCUT2D eigenvalue weighted by molar-refractivity contribution is -0.116. The van der Waals surface area contributed by atoms with Gasteiger partial charge in [-0.2, -0.15) is 0 Å². The van der Waals surface area contributed by atoms with Crippen LogP contribution < -0.4 is 5.32 Å². The van der Waals surface area contributed by atoms with Gasteiger partial charge in [-0.3, -0.25) is 4.79 Å². The minimum absolute atomic E-state index is 0.0278. The van der Waals surface area contributed by atoms with Gasteiger partial charge in [0.1, 0.15) is 0 Å². The Kier molecular flexibility index (Phi) is 5.39. The molecule has 1 aromatic carbocycles. The number of amides is 1. The Bertz CT molecular complexity index is 1050. The normalized spacial score (nSPS) is 32.1. The number of rotatable bonds is 4. The molecule has 1 aromatic heterocycles. The summed E-state index contributed by atoms with van der Waals surface area (Å²) in [6, 6.07) is 12.0. The maximum atomic E-state index is 12.6. The number of hydrogen-bond acceptors (Lipinski definition) is 5. The molecule has 5 atom stereocenters. The molecule has 1 heterocycles. The van der Waals surface area contributed by atoms with Crippen LogP contribution >= 0.6 is 0 Å². The summed E-state index contributed by atoms with van der Waals surface area (Å²) in [5, 5.41) is 26.2. The Balaban J connectivity index is 1.35. The van der Waals surface area contributed by atoms with Crippen molar-refractivity contribution in [1.82, 2.24) is 4.98 Å². The first-order valence-corrected chi connectivity index (χ1v) is 11.7.